The van der Waals surface area contributed by atoms with Gasteiger partial charge in [0.05, 0.1) is 24.2 Å². The minimum Gasteiger partial charge on any atom is -0.495 e. The maximum Gasteiger partial charge on any atom is 0.240 e. The van der Waals surface area contributed by atoms with Crippen molar-refractivity contribution in [3.8, 4) is 5.75 Å². The number of amides is 1. The molecular formula is C20H25N3O4S. The van der Waals surface area contributed by atoms with E-state index in [0.29, 0.717) is 18.0 Å². The number of methoxy groups -OCH3 is 1. The molecule has 150 valence electrons. The molecule has 7 nitrogen and oxygen atoms in total. The number of carbonyl (C=O) groups excluding carboxylic acids is 1. The summed E-state index contributed by atoms with van der Waals surface area (Å²) in [4.78, 5) is 12.2. The fourth-order valence-electron chi connectivity index (χ4n) is 2.71. The minimum absolute atomic E-state index is 0.0186. The van der Waals surface area contributed by atoms with Crippen LogP contribution in [0.4, 0.5) is 5.69 Å². The lowest BCUT2D eigenvalue weighted by atomic mass is 10.1. The number of hydrogen-bond donors (Lipinski definition) is 3. The SMILES string of the molecule is COc1ccc(S(=O)(=O)NC2CC2)cc1NCC(=O)NCCc1ccccc1. The first kappa shape index (κ1) is 20.2. The van der Waals surface area contributed by atoms with Gasteiger partial charge in [0, 0.05) is 12.6 Å². The molecule has 1 aliphatic carbocycles. The zero-order valence-corrected chi connectivity index (χ0v) is 16.6. The molecule has 3 rings (SSSR count). The van der Waals surface area contributed by atoms with Crippen LogP contribution in [0.5, 0.6) is 5.75 Å². The lowest BCUT2D eigenvalue weighted by Crippen LogP contribution is -2.31. The molecule has 0 bridgehead atoms. The summed E-state index contributed by atoms with van der Waals surface area (Å²) in [5.41, 5.74) is 1.61. The van der Waals surface area contributed by atoms with Crippen LogP contribution in [0.15, 0.2) is 53.4 Å². The van der Waals surface area contributed by atoms with E-state index in [1.807, 2.05) is 30.3 Å². The Morgan fingerprint density at radius 1 is 1.14 bits per heavy atom. The highest BCUT2D eigenvalue weighted by molar-refractivity contribution is 7.89. The topological polar surface area (TPSA) is 96.5 Å². The smallest absolute Gasteiger partial charge is 0.240 e. The third-order valence-electron chi connectivity index (χ3n) is 4.40. The molecule has 0 spiro atoms. The highest BCUT2D eigenvalue weighted by atomic mass is 32.2. The van der Waals surface area contributed by atoms with Gasteiger partial charge in [-0.3, -0.25) is 4.79 Å². The molecule has 0 aliphatic heterocycles. The van der Waals surface area contributed by atoms with E-state index < -0.39 is 10.0 Å². The van der Waals surface area contributed by atoms with Gasteiger partial charge in [-0.15, -0.1) is 0 Å². The van der Waals surface area contributed by atoms with Crippen molar-refractivity contribution < 1.29 is 17.9 Å². The third-order valence-corrected chi connectivity index (χ3v) is 5.92. The number of carbonyl (C=O) groups is 1. The predicted octanol–water partition coefficient (Wildman–Crippen LogP) is 1.91. The van der Waals surface area contributed by atoms with Crippen LogP contribution in [0, 0.1) is 0 Å². The van der Waals surface area contributed by atoms with E-state index in [-0.39, 0.29) is 23.4 Å². The molecule has 3 N–H and O–H groups in total. The molecular weight excluding hydrogens is 378 g/mol. The molecule has 0 saturated heterocycles. The first-order valence-corrected chi connectivity index (χ1v) is 10.7. The second kappa shape index (κ2) is 9.07. The second-order valence-corrected chi connectivity index (χ2v) is 8.41. The Morgan fingerprint density at radius 2 is 1.89 bits per heavy atom. The number of hydrogen-bond acceptors (Lipinski definition) is 5. The van der Waals surface area contributed by atoms with E-state index in [0.717, 1.165) is 24.8 Å². The van der Waals surface area contributed by atoms with Crippen LogP contribution in [0.2, 0.25) is 0 Å². The van der Waals surface area contributed by atoms with Crippen LogP contribution >= 0.6 is 0 Å². The number of sulfonamides is 1. The molecule has 0 atom stereocenters. The van der Waals surface area contributed by atoms with E-state index in [1.165, 1.54) is 19.2 Å². The summed E-state index contributed by atoms with van der Waals surface area (Å²) in [5.74, 6) is 0.296. The molecule has 1 saturated carbocycles. The van der Waals surface area contributed by atoms with Crippen LogP contribution in [0.3, 0.4) is 0 Å². The molecule has 2 aromatic rings. The summed E-state index contributed by atoms with van der Waals surface area (Å²) >= 11 is 0. The third kappa shape index (κ3) is 5.71. The van der Waals surface area contributed by atoms with Crippen molar-refractivity contribution in [1.29, 1.82) is 0 Å². The molecule has 1 amide bonds. The number of nitrogens with one attached hydrogen (secondary N) is 3. The lowest BCUT2D eigenvalue weighted by molar-refractivity contribution is -0.119. The van der Waals surface area contributed by atoms with Crippen molar-refractivity contribution in [2.24, 2.45) is 0 Å². The van der Waals surface area contributed by atoms with Crippen LogP contribution in [0.25, 0.3) is 0 Å². The van der Waals surface area contributed by atoms with Gasteiger partial charge < -0.3 is 15.4 Å². The van der Waals surface area contributed by atoms with Crippen molar-refractivity contribution in [1.82, 2.24) is 10.0 Å². The van der Waals surface area contributed by atoms with Crippen molar-refractivity contribution in [2.75, 3.05) is 25.5 Å². The zero-order valence-electron chi connectivity index (χ0n) is 15.8. The molecule has 0 unspecified atom stereocenters. The van der Waals surface area contributed by atoms with E-state index in [4.69, 9.17) is 4.74 Å². The van der Waals surface area contributed by atoms with E-state index in [1.54, 1.807) is 6.07 Å². The monoisotopic (exact) mass is 403 g/mol. The van der Waals surface area contributed by atoms with Crippen molar-refractivity contribution in [2.45, 2.75) is 30.2 Å². The number of benzene rings is 2. The first-order chi connectivity index (χ1) is 13.5. The molecule has 8 heteroatoms. The normalized spacial score (nSPS) is 13.8. The van der Waals surface area contributed by atoms with Gasteiger partial charge in [0.25, 0.3) is 0 Å². The number of anilines is 1. The molecule has 1 fully saturated rings. The maximum atomic E-state index is 12.4. The van der Waals surface area contributed by atoms with Gasteiger partial charge in [0.15, 0.2) is 0 Å². The van der Waals surface area contributed by atoms with Crippen LogP contribution < -0.4 is 20.1 Å². The standard InChI is InChI=1S/C20H25N3O4S/c1-27-19-10-9-17(28(25,26)23-16-7-8-16)13-18(19)22-14-20(24)21-12-11-15-5-3-2-4-6-15/h2-6,9-10,13,16,22-23H,7-8,11-12,14H2,1H3,(H,21,24). The lowest BCUT2D eigenvalue weighted by Gasteiger charge is -2.13. The molecule has 0 radical (unpaired) electrons. The Bertz CT molecular complexity index is 912. The fraction of sp³-hybridized carbons (Fsp3) is 0.350. The van der Waals surface area contributed by atoms with E-state index >= 15 is 0 Å². The van der Waals surface area contributed by atoms with E-state index in [2.05, 4.69) is 15.4 Å². The van der Waals surface area contributed by atoms with Gasteiger partial charge in [0.2, 0.25) is 15.9 Å². The molecule has 28 heavy (non-hydrogen) atoms. The van der Waals surface area contributed by atoms with E-state index in [9.17, 15) is 13.2 Å². The minimum atomic E-state index is -3.57. The predicted molar refractivity (Wildman–Crippen MR) is 108 cm³/mol. The molecule has 0 aromatic heterocycles. The van der Waals surface area contributed by atoms with Gasteiger partial charge in [-0.25, -0.2) is 13.1 Å². The quantitative estimate of drug-likeness (QED) is 0.563. The first-order valence-electron chi connectivity index (χ1n) is 9.23. The number of ether oxygens (including phenoxy) is 1. The van der Waals surface area contributed by atoms with Gasteiger partial charge in [0.1, 0.15) is 5.75 Å². The van der Waals surface area contributed by atoms with Crippen LogP contribution in [0.1, 0.15) is 18.4 Å². The van der Waals surface area contributed by atoms with Gasteiger partial charge in [-0.2, -0.15) is 0 Å². The van der Waals surface area contributed by atoms with Gasteiger partial charge in [-0.05, 0) is 43.0 Å². The summed E-state index contributed by atoms with van der Waals surface area (Å²) < 4.78 is 32.7. The Labute approximate surface area is 165 Å². The van der Waals surface area contributed by atoms with Gasteiger partial charge >= 0.3 is 0 Å². The largest absolute Gasteiger partial charge is 0.495 e. The Balaban J connectivity index is 1.56. The average Bonchev–Trinajstić information content (AvgIpc) is 3.50. The summed E-state index contributed by atoms with van der Waals surface area (Å²) in [7, 11) is -2.08. The molecule has 1 aliphatic rings. The van der Waals surface area contributed by atoms with Gasteiger partial charge in [-0.1, -0.05) is 30.3 Å². The average molecular weight is 404 g/mol. The number of rotatable bonds is 10. The van der Waals surface area contributed by atoms with Crippen molar-refractivity contribution in [3.63, 3.8) is 0 Å². The summed E-state index contributed by atoms with van der Waals surface area (Å²) in [6.07, 6.45) is 2.48. The fourth-order valence-corrected chi connectivity index (χ4v) is 4.04. The summed E-state index contributed by atoms with van der Waals surface area (Å²) in [5, 5.41) is 5.81. The Hall–Kier alpha value is -2.58. The highest BCUT2D eigenvalue weighted by Gasteiger charge is 2.28. The zero-order chi connectivity index (χ0) is 20.0. The Morgan fingerprint density at radius 3 is 2.57 bits per heavy atom. The Kier molecular flexibility index (Phi) is 6.53. The maximum absolute atomic E-state index is 12.4. The molecule has 0 heterocycles. The van der Waals surface area contributed by atoms with Crippen LogP contribution in [-0.4, -0.2) is 40.6 Å². The highest BCUT2D eigenvalue weighted by Crippen LogP contribution is 2.29. The van der Waals surface area contributed by atoms with Crippen molar-refractivity contribution in [3.05, 3.63) is 54.1 Å². The van der Waals surface area contributed by atoms with Crippen molar-refractivity contribution >= 4 is 21.6 Å². The summed E-state index contributed by atoms with van der Waals surface area (Å²) in [6.45, 7) is 0.548. The summed E-state index contributed by atoms with van der Waals surface area (Å²) in [6, 6.07) is 14.5. The van der Waals surface area contributed by atoms with Crippen LogP contribution in [-0.2, 0) is 21.2 Å². The second-order valence-electron chi connectivity index (χ2n) is 6.70. The molecule has 2 aromatic carbocycles.